The van der Waals surface area contributed by atoms with Gasteiger partial charge in [0.15, 0.2) is 11.5 Å². The van der Waals surface area contributed by atoms with Crippen molar-refractivity contribution in [1.29, 1.82) is 5.26 Å². The average Bonchev–Trinajstić information content (AvgIpc) is 3.15. The Hall–Kier alpha value is -3.37. The van der Waals surface area contributed by atoms with Crippen LogP contribution >= 0.6 is 11.8 Å². The molecule has 0 atom stereocenters. The lowest BCUT2D eigenvalue weighted by molar-refractivity contribution is 0.896. The monoisotopic (exact) mass is 358 g/mol. The molecule has 0 amide bonds. The molecule has 0 spiro atoms. The van der Waals surface area contributed by atoms with Crippen molar-refractivity contribution in [3.05, 3.63) is 78.2 Å². The summed E-state index contributed by atoms with van der Waals surface area (Å²) in [5.74, 6) is 0.637. The minimum atomic E-state index is 0.476. The van der Waals surface area contributed by atoms with Crippen molar-refractivity contribution in [3.63, 3.8) is 0 Å². The number of rotatable bonds is 5. The molecular weight excluding hydrogens is 344 g/mol. The van der Waals surface area contributed by atoms with Gasteiger partial charge in [-0.15, -0.1) is 0 Å². The first-order chi connectivity index (χ1) is 12.8. The quantitative estimate of drug-likeness (QED) is 0.547. The summed E-state index contributed by atoms with van der Waals surface area (Å²) < 4.78 is 1.66. The number of fused-ring (bicyclic) bond motifs is 1. The minimum absolute atomic E-state index is 0.476. The van der Waals surface area contributed by atoms with E-state index in [1.807, 2.05) is 48.5 Å². The SMILES string of the molecule is N#Cc1c(Sc2ccccc2)nc2ccnn2c1NCc1ccncc1. The second-order valence-corrected chi connectivity index (χ2v) is 6.54. The maximum Gasteiger partial charge on any atom is 0.158 e. The summed E-state index contributed by atoms with van der Waals surface area (Å²) >= 11 is 1.47. The van der Waals surface area contributed by atoms with E-state index in [0.717, 1.165) is 10.5 Å². The predicted molar refractivity (Wildman–Crippen MR) is 99.8 cm³/mol. The smallest absolute Gasteiger partial charge is 0.158 e. The maximum atomic E-state index is 9.78. The van der Waals surface area contributed by atoms with Crippen LogP contribution in [-0.2, 0) is 6.54 Å². The number of hydrogen-bond donors (Lipinski definition) is 1. The summed E-state index contributed by atoms with van der Waals surface area (Å²) in [6.07, 6.45) is 5.17. The number of benzene rings is 1. The highest BCUT2D eigenvalue weighted by Gasteiger charge is 2.17. The zero-order chi connectivity index (χ0) is 17.8. The van der Waals surface area contributed by atoms with E-state index in [-0.39, 0.29) is 0 Å². The molecule has 6 nitrogen and oxygen atoms in total. The molecule has 0 aliphatic heterocycles. The highest BCUT2D eigenvalue weighted by atomic mass is 32.2. The standard InChI is InChI=1S/C19H14N6S/c20-12-16-18(22-13-14-6-9-21-10-7-14)25-17(8-11-23-25)24-19(16)26-15-4-2-1-3-5-15/h1-11,22H,13H2. The largest absolute Gasteiger partial charge is 0.365 e. The van der Waals surface area contributed by atoms with Crippen LogP contribution in [0.3, 0.4) is 0 Å². The molecule has 0 saturated heterocycles. The highest BCUT2D eigenvalue weighted by molar-refractivity contribution is 7.99. The van der Waals surface area contributed by atoms with Crippen LogP contribution in [0.25, 0.3) is 5.65 Å². The van der Waals surface area contributed by atoms with Gasteiger partial charge in [-0.05, 0) is 29.8 Å². The number of aromatic nitrogens is 4. The Bertz CT molecular complexity index is 1070. The van der Waals surface area contributed by atoms with Crippen molar-refractivity contribution in [3.8, 4) is 6.07 Å². The zero-order valence-electron chi connectivity index (χ0n) is 13.7. The number of nitrogens with zero attached hydrogens (tertiary/aromatic N) is 5. The Kier molecular flexibility index (Phi) is 4.50. The summed E-state index contributed by atoms with van der Waals surface area (Å²) in [4.78, 5) is 9.66. The van der Waals surface area contributed by atoms with Crippen molar-refractivity contribution in [2.45, 2.75) is 16.5 Å². The lowest BCUT2D eigenvalue weighted by Gasteiger charge is -2.13. The number of nitriles is 1. The summed E-state index contributed by atoms with van der Waals surface area (Å²) in [6, 6.07) is 17.9. The summed E-state index contributed by atoms with van der Waals surface area (Å²) in [6.45, 7) is 0.561. The van der Waals surface area contributed by atoms with Crippen molar-refractivity contribution in [1.82, 2.24) is 19.6 Å². The van der Waals surface area contributed by atoms with Crippen molar-refractivity contribution >= 4 is 23.2 Å². The Morgan fingerprint density at radius 3 is 2.62 bits per heavy atom. The number of pyridine rings is 1. The second-order valence-electron chi connectivity index (χ2n) is 5.48. The van der Waals surface area contributed by atoms with Gasteiger partial charge in [0.25, 0.3) is 0 Å². The van der Waals surface area contributed by atoms with E-state index < -0.39 is 0 Å². The molecule has 0 saturated carbocycles. The van der Waals surface area contributed by atoms with Crippen LogP contribution in [0.5, 0.6) is 0 Å². The molecule has 0 fully saturated rings. The molecule has 0 bridgehead atoms. The topological polar surface area (TPSA) is 78.9 Å². The van der Waals surface area contributed by atoms with Gasteiger partial charge in [0.2, 0.25) is 0 Å². The van der Waals surface area contributed by atoms with E-state index >= 15 is 0 Å². The molecule has 7 heteroatoms. The third-order valence-corrected chi connectivity index (χ3v) is 4.78. The van der Waals surface area contributed by atoms with Crippen LogP contribution in [0.15, 0.2) is 77.0 Å². The minimum Gasteiger partial charge on any atom is -0.365 e. The van der Waals surface area contributed by atoms with E-state index in [1.54, 1.807) is 23.1 Å². The fraction of sp³-hybridized carbons (Fsp3) is 0.0526. The van der Waals surface area contributed by atoms with Gasteiger partial charge in [-0.25, -0.2) is 4.98 Å². The molecule has 0 aliphatic rings. The zero-order valence-corrected chi connectivity index (χ0v) is 14.5. The van der Waals surface area contributed by atoms with Crippen LogP contribution in [0.2, 0.25) is 0 Å². The molecule has 1 N–H and O–H groups in total. The molecule has 1 aromatic carbocycles. The molecule has 0 unspecified atom stereocenters. The average molecular weight is 358 g/mol. The van der Waals surface area contributed by atoms with Crippen LogP contribution < -0.4 is 5.32 Å². The Morgan fingerprint density at radius 2 is 1.85 bits per heavy atom. The van der Waals surface area contributed by atoms with E-state index in [4.69, 9.17) is 0 Å². The highest BCUT2D eigenvalue weighted by Crippen LogP contribution is 2.32. The van der Waals surface area contributed by atoms with E-state index in [2.05, 4.69) is 26.5 Å². The third-order valence-electron chi connectivity index (χ3n) is 3.78. The molecule has 3 heterocycles. The van der Waals surface area contributed by atoms with Crippen molar-refractivity contribution < 1.29 is 0 Å². The number of nitrogens with one attached hydrogen (secondary N) is 1. The van der Waals surface area contributed by atoms with Gasteiger partial charge in [-0.1, -0.05) is 30.0 Å². The van der Waals surface area contributed by atoms with Gasteiger partial charge < -0.3 is 5.32 Å². The van der Waals surface area contributed by atoms with Gasteiger partial charge >= 0.3 is 0 Å². The first-order valence-electron chi connectivity index (χ1n) is 7.98. The second kappa shape index (κ2) is 7.25. The first-order valence-corrected chi connectivity index (χ1v) is 8.80. The lowest BCUT2D eigenvalue weighted by Crippen LogP contribution is -2.09. The Balaban J connectivity index is 1.75. The molecule has 4 rings (SSSR count). The van der Waals surface area contributed by atoms with Gasteiger partial charge in [-0.2, -0.15) is 14.9 Å². The van der Waals surface area contributed by atoms with E-state index in [0.29, 0.717) is 28.6 Å². The van der Waals surface area contributed by atoms with Gasteiger partial charge in [0, 0.05) is 29.9 Å². The normalized spacial score (nSPS) is 10.6. The van der Waals surface area contributed by atoms with Crippen LogP contribution in [0, 0.1) is 11.3 Å². The molecule has 0 aliphatic carbocycles. The number of anilines is 1. The number of hydrogen-bond acceptors (Lipinski definition) is 6. The van der Waals surface area contributed by atoms with Gasteiger partial charge in [-0.3, -0.25) is 4.98 Å². The summed E-state index contributed by atoms with van der Waals surface area (Å²) in [7, 11) is 0. The molecule has 4 aromatic rings. The predicted octanol–water partition coefficient (Wildman–Crippen LogP) is 3.76. The van der Waals surface area contributed by atoms with Crippen LogP contribution in [0.1, 0.15) is 11.1 Å². The fourth-order valence-electron chi connectivity index (χ4n) is 2.54. The molecule has 3 aromatic heterocycles. The maximum absolute atomic E-state index is 9.78. The summed E-state index contributed by atoms with van der Waals surface area (Å²) in [5, 5.41) is 18.1. The van der Waals surface area contributed by atoms with Gasteiger partial charge in [0.1, 0.15) is 16.7 Å². The molecule has 26 heavy (non-hydrogen) atoms. The molecular formula is C19H14N6S. The molecule has 126 valence electrons. The lowest BCUT2D eigenvalue weighted by atomic mass is 10.2. The van der Waals surface area contributed by atoms with E-state index in [1.165, 1.54) is 11.8 Å². The van der Waals surface area contributed by atoms with Crippen molar-refractivity contribution in [2.75, 3.05) is 5.32 Å². The Morgan fingerprint density at radius 1 is 1.04 bits per heavy atom. The van der Waals surface area contributed by atoms with Crippen LogP contribution in [0.4, 0.5) is 5.82 Å². The van der Waals surface area contributed by atoms with E-state index in [9.17, 15) is 5.26 Å². The Labute approximate surface area is 154 Å². The van der Waals surface area contributed by atoms with Gasteiger partial charge in [0.05, 0.1) is 6.20 Å². The van der Waals surface area contributed by atoms with Crippen molar-refractivity contribution in [2.24, 2.45) is 0 Å². The molecule has 0 radical (unpaired) electrons. The summed E-state index contributed by atoms with van der Waals surface area (Å²) in [5.41, 5.74) is 2.24. The third kappa shape index (κ3) is 3.23. The van der Waals surface area contributed by atoms with Crippen LogP contribution in [-0.4, -0.2) is 19.6 Å². The first kappa shape index (κ1) is 16.1. The fourth-order valence-corrected chi connectivity index (χ4v) is 3.44.